The van der Waals surface area contributed by atoms with Crippen LogP contribution < -0.4 is 16.4 Å². The number of aliphatic hydroxyl groups excluding tert-OH is 1. The van der Waals surface area contributed by atoms with E-state index in [0.717, 1.165) is 42.0 Å². The van der Waals surface area contributed by atoms with Gasteiger partial charge in [-0.2, -0.15) is 0 Å². The summed E-state index contributed by atoms with van der Waals surface area (Å²) >= 11 is 1.16. The van der Waals surface area contributed by atoms with Crippen LogP contribution in [-0.2, 0) is 43.3 Å². The number of unbranched alkanes of at least 4 members (excludes halogenated alkanes) is 1. The number of benzene rings is 1. The number of anilines is 1. The van der Waals surface area contributed by atoms with E-state index in [1.54, 1.807) is 42.2 Å². The van der Waals surface area contributed by atoms with Crippen molar-refractivity contribution in [3.63, 3.8) is 0 Å². The second-order valence-electron chi connectivity index (χ2n) is 18.3. The molecule has 1 fully saturated rings. The number of nitrogen functional groups attached to an aromatic ring is 1. The number of piperidine rings is 1. The molecule has 64 heavy (non-hydrogen) atoms. The highest BCUT2D eigenvalue weighted by molar-refractivity contribution is 7.09. The van der Waals surface area contributed by atoms with Gasteiger partial charge in [-0.05, 0) is 102 Å². The van der Waals surface area contributed by atoms with Gasteiger partial charge in [-0.1, -0.05) is 57.9 Å². The van der Waals surface area contributed by atoms with Crippen LogP contribution in [0.4, 0.5) is 5.69 Å². The third kappa shape index (κ3) is 15.1. The number of aliphatic carboxylic acids is 1. The Balaban J connectivity index is 1.63. The molecule has 0 spiro atoms. The molecule has 17 nitrogen and oxygen atoms in total. The first-order valence-corrected chi connectivity index (χ1v) is 23.5. The zero-order valence-corrected chi connectivity index (χ0v) is 39.7. The molecule has 18 heteroatoms. The van der Waals surface area contributed by atoms with Crippen LogP contribution in [-0.4, -0.2) is 121 Å². The van der Waals surface area contributed by atoms with Crippen molar-refractivity contribution in [2.24, 2.45) is 17.3 Å². The third-order valence-electron chi connectivity index (χ3n) is 12.2. The van der Waals surface area contributed by atoms with Gasteiger partial charge in [-0.15, -0.1) is 16.4 Å². The number of nitrogens with zero attached hydrogens (tertiary/aromatic N) is 6. The molecule has 3 heterocycles. The van der Waals surface area contributed by atoms with Gasteiger partial charge in [0, 0.05) is 49.2 Å². The van der Waals surface area contributed by atoms with Crippen LogP contribution in [0, 0.1) is 17.3 Å². The average Bonchev–Trinajstić information content (AvgIpc) is 3.92. The topological polar surface area (TPSA) is 235 Å². The Hall–Kier alpha value is -4.94. The summed E-state index contributed by atoms with van der Waals surface area (Å²) in [6.45, 7) is 14.0. The van der Waals surface area contributed by atoms with Gasteiger partial charge in [-0.25, -0.2) is 9.67 Å². The largest absolute Gasteiger partial charge is 0.481 e. The minimum Gasteiger partial charge on any atom is -0.481 e. The number of hydrogen-bond acceptors (Lipinski definition) is 13. The van der Waals surface area contributed by atoms with E-state index in [4.69, 9.17) is 10.5 Å². The van der Waals surface area contributed by atoms with E-state index < -0.39 is 47.5 Å². The molecule has 0 saturated carbocycles. The summed E-state index contributed by atoms with van der Waals surface area (Å²) in [5.41, 5.74) is 7.07. The van der Waals surface area contributed by atoms with Crippen LogP contribution in [0.2, 0.25) is 0 Å². The number of likely N-dealkylation sites (N-methyl/N-ethyl adjacent to an activating group) is 1. The minimum atomic E-state index is -1.14. The lowest BCUT2D eigenvalue weighted by molar-refractivity contribution is -0.150. The Morgan fingerprint density at radius 2 is 1.80 bits per heavy atom. The van der Waals surface area contributed by atoms with Gasteiger partial charge in [0.15, 0.2) is 6.10 Å². The van der Waals surface area contributed by atoms with Crippen LogP contribution >= 0.6 is 11.3 Å². The minimum absolute atomic E-state index is 0.0515. The molecule has 4 rings (SSSR count). The number of amides is 3. The zero-order valence-electron chi connectivity index (χ0n) is 38.9. The van der Waals surface area contributed by atoms with Crippen LogP contribution in [0.15, 0.2) is 35.8 Å². The van der Waals surface area contributed by atoms with Crippen molar-refractivity contribution in [2.45, 2.75) is 149 Å². The van der Waals surface area contributed by atoms with E-state index in [1.807, 2.05) is 56.7 Å². The average molecular weight is 910 g/mol. The molecule has 3 amide bonds. The molecule has 1 saturated heterocycles. The van der Waals surface area contributed by atoms with Crippen molar-refractivity contribution in [1.82, 2.24) is 40.4 Å². The number of thiazole rings is 1. The monoisotopic (exact) mass is 910 g/mol. The number of aromatic nitrogens is 4. The number of carboxylic acid groups (broad SMARTS) is 1. The molecule has 6 atom stereocenters. The van der Waals surface area contributed by atoms with Crippen molar-refractivity contribution in [3.8, 4) is 0 Å². The summed E-state index contributed by atoms with van der Waals surface area (Å²) < 4.78 is 7.54. The summed E-state index contributed by atoms with van der Waals surface area (Å²) in [5.74, 6) is -2.75. The fourth-order valence-corrected chi connectivity index (χ4v) is 9.04. The Labute approximate surface area is 381 Å². The zero-order chi connectivity index (χ0) is 47.1. The molecule has 1 aliphatic rings. The number of carboxylic acids is 1. The predicted molar refractivity (Wildman–Crippen MR) is 245 cm³/mol. The maximum atomic E-state index is 15.1. The molecular formula is C46H71N9O8S. The SMILES string of the molecule is CC[C@H](C)[C@H](NC(=O)[C@H]1CCCCN1C)C(=O)N(CCCCc1cn(CCO)nn1)[C@H](C[C@@H](OC(C)=O)c1nc(C(=O)N[C@@H](Cc2ccc(N)cc2)CC(C)(C)C(=O)O)cs1)C(C)C. The van der Waals surface area contributed by atoms with Gasteiger partial charge in [0.2, 0.25) is 11.8 Å². The lowest BCUT2D eigenvalue weighted by Gasteiger charge is -2.40. The summed E-state index contributed by atoms with van der Waals surface area (Å²) in [4.78, 5) is 76.2. The fourth-order valence-electron chi connectivity index (χ4n) is 8.20. The number of esters is 1. The first-order valence-electron chi connectivity index (χ1n) is 22.7. The van der Waals surface area contributed by atoms with Gasteiger partial charge in [0.05, 0.1) is 30.3 Å². The number of carbonyl (C=O) groups is 5. The van der Waals surface area contributed by atoms with Crippen molar-refractivity contribution in [2.75, 3.05) is 32.5 Å². The Kier molecular flexibility index (Phi) is 19.7. The molecule has 0 radical (unpaired) electrons. The number of hydrogen-bond donors (Lipinski definition) is 5. The molecular weight excluding hydrogens is 839 g/mol. The smallest absolute Gasteiger partial charge is 0.309 e. The van der Waals surface area contributed by atoms with E-state index in [9.17, 15) is 29.4 Å². The quantitative estimate of drug-likeness (QED) is 0.0427. The molecule has 1 aliphatic heterocycles. The molecule has 0 bridgehead atoms. The molecule has 1 aromatic carbocycles. The van der Waals surface area contributed by atoms with Gasteiger partial charge in [0.1, 0.15) is 16.7 Å². The van der Waals surface area contributed by atoms with Gasteiger partial charge < -0.3 is 36.2 Å². The standard InChI is InChI=1S/C46H71N9O8S/c1-9-30(4)40(50-42(59)37-15-11-12-20-53(37)8)44(60)55(21-13-10-14-34-27-54(22-23-56)52-51-34)38(29(2)3)25-39(63-31(5)57)43-49-36(28-64-43)41(58)48-35(26-46(6,7)45(61)62)24-32-16-18-33(47)19-17-32/h16-19,27-30,35,37-40,56H,9-15,20-26,47H2,1-8H3,(H,48,58)(H,50,59)(H,61,62)/t30-,35-,37+,38+,39+,40-/m0/s1. The van der Waals surface area contributed by atoms with Crippen molar-refractivity contribution in [3.05, 3.63) is 57.8 Å². The number of carbonyl (C=O) groups excluding carboxylic acids is 4. The highest BCUT2D eigenvalue weighted by Crippen LogP contribution is 2.32. The number of aliphatic hydroxyl groups is 1. The Bertz CT molecular complexity index is 1990. The molecule has 6 N–H and O–H groups in total. The van der Waals surface area contributed by atoms with E-state index >= 15 is 4.79 Å². The summed E-state index contributed by atoms with van der Waals surface area (Å²) in [6.07, 6.45) is 6.76. The molecule has 3 aromatic rings. The highest BCUT2D eigenvalue weighted by Gasteiger charge is 2.39. The van der Waals surface area contributed by atoms with Gasteiger partial charge in [0.25, 0.3) is 5.91 Å². The van der Waals surface area contributed by atoms with E-state index in [1.165, 1.54) is 6.92 Å². The molecule has 0 aliphatic carbocycles. The predicted octanol–water partition coefficient (Wildman–Crippen LogP) is 5.04. The molecule has 0 unspecified atom stereocenters. The third-order valence-corrected chi connectivity index (χ3v) is 13.2. The van der Waals surface area contributed by atoms with Gasteiger partial charge >= 0.3 is 11.9 Å². The van der Waals surface area contributed by atoms with Crippen molar-refractivity contribution < 1.29 is 38.9 Å². The second kappa shape index (κ2) is 24.4. The van der Waals surface area contributed by atoms with Crippen LogP contribution in [0.3, 0.4) is 0 Å². The van der Waals surface area contributed by atoms with E-state index in [2.05, 4.69) is 25.9 Å². The number of nitrogens with two attached hydrogens (primary N) is 1. The highest BCUT2D eigenvalue weighted by atomic mass is 32.1. The second-order valence-corrected chi connectivity index (χ2v) is 19.2. The van der Waals surface area contributed by atoms with Crippen LogP contribution in [0.25, 0.3) is 0 Å². The maximum absolute atomic E-state index is 15.1. The van der Waals surface area contributed by atoms with Crippen molar-refractivity contribution in [1.29, 1.82) is 0 Å². The van der Waals surface area contributed by atoms with Crippen LogP contribution in [0.1, 0.15) is 133 Å². The number of ether oxygens (including phenoxy) is 1. The summed E-state index contributed by atoms with van der Waals surface area (Å²) in [5, 5.41) is 35.7. The normalized spacial score (nSPS) is 16.9. The summed E-state index contributed by atoms with van der Waals surface area (Å²) in [6, 6.07) is 5.01. The fraction of sp³-hybridized carbons (Fsp3) is 0.652. The first kappa shape index (κ1) is 51.7. The first-order chi connectivity index (χ1) is 30.3. The number of nitrogens with one attached hydrogen (secondary N) is 2. The van der Waals surface area contributed by atoms with Crippen LogP contribution in [0.5, 0.6) is 0 Å². The molecule has 354 valence electrons. The summed E-state index contributed by atoms with van der Waals surface area (Å²) in [7, 11) is 1.94. The Morgan fingerprint density at radius 3 is 2.42 bits per heavy atom. The number of likely N-dealkylation sites (tertiary alicyclic amines) is 1. The number of rotatable bonds is 25. The Morgan fingerprint density at radius 1 is 1.08 bits per heavy atom. The van der Waals surface area contributed by atoms with Gasteiger partial charge in [-0.3, -0.25) is 28.9 Å². The maximum Gasteiger partial charge on any atom is 0.309 e. The van der Waals surface area contributed by atoms with E-state index in [-0.39, 0.29) is 54.8 Å². The molecule has 2 aromatic heterocycles. The lowest BCUT2D eigenvalue weighted by Crippen LogP contribution is -2.59. The lowest BCUT2D eigenvalue weighted by atomic mass is 9.84. The van der Waals surface area contributed by atoms with E-state index in [0.29, 0.717) is 62.3 Å². The van der Waals surface area contributed by atoms with Crippen molar-refractivity contribution >= 4 is 46.7 Å². The number of aryl methyl sites for hydroxylation is 1.